The fourth-order valence-corrected chi connectivity index (χ4v) is 3.06. The molecule has 0 radical (unpaired) electrons. The number of Topliss-reactive ketones (excluding diaryl/α,β-unsaturated/α-hetero) is 1. The Balaban J connectivity index is 2.42. The van der Waals surface area contributed by atoms with Gasteiger partial charge < -0.3 is 4.57 Å². The van der Waals surface area contributed by atoms with Crippen LogP contribution in [0.15, 0.2) is 24.3 Å². The first-order valence-corrected chi connectivity index (χ1v) is 6.85. The smallest absolute Gasteiger partial charge is 0.210 e. The third-order valence-corrected chi connectivity index (χ3v) is 3.98. The van der Waals surface area contributed by atoms with Crippen LogP contribution in [0, 0.1) is 19.3 Å². The Morgan fingerprint density at radius 3 is 2.32 bits per heavy atom. The third-order valence-electron chi connectivity index (χ3n) is 3.98. The minimum Gasteiger partial charge on any atom is -0.329 e. The molecule has 0 spiro atoms. The number of hydrogen-bond acceptors (Lipinski definition) is 3. The van der Waals surface area contributed by atoms with Crippen LogP contribution in [0.1, 0.15) is 54.9 Å². The van der Waals surface area contributed by atoms with E-state index in [0.29, 0.717) is 16.8 Å². The summed E-state index contributed by atoms with van der Waals surface area (Å²) in [6.07, 6.45) is 5.37. The third kappa shape index (κ3) is 1.69. The second kappa shape index (κ2) is 4.81. The van der Waals surface area contributed by atoms with E-state index in [0.717, 1.165) is 0 Å². The Hall–Kier alpha value is -2.93. The van der Waals surface area contributed by atoms with Crippen LogP contribution in [-0.2, 0) is 6.54 Å². The van der Waals surface area contributed by atoms with Gasteiger partial charge in [0.1, 0.15) is 5.69 Å². The average molecular weight is 291 g/mol. The van der Waals surface area contributed by atoms with Crippen LogP contribution in [0.25, 0.3) is 0 Å². The van der Waals surface area contributed by atoms with Gasteiger partial charge in [-0.1, -0.05) is 30.2 Å². The Morgan fingerprint density at radius 1 is 1.18 bits per heavy atom. The maximum atomic E-state index is 12.8. The number of ketones is 3. The molecule has 1 aromatic heterocycles. The standard InChI is InChI=1S/C18H13NO3/c1-4-9-19-10(2)14(11(3)20)15-16(19)18(22)13-8-6-5-7-12(13)17(15)21/h1,5-8H,9H2,2-3H3. The van der Waals surface area contributed by atoms with Crippen LogP contribution >= 0.6 is 0 Å². The zero-order chi connectivity index (χ0) is 16.0. The first kappa shape index (κ1) is 14.0. The lowest BCUT2D eigenvalue weighted by molar-refractivity contribution is 0.0966. The van der Waals surface area contributed by atoms with Gasteiger partial charge in [0.25, 0.3) is 0 Å². The molecule has 0 unspecified atom stereocenters. The highest BCUT2D eigenvalue weighted by atomic mass is 16.1. The fraction of sp³-hybridized carbons (Fsp3) is 0.167. The quantitative estimate of drug-likeness (QED) is 0.538. The van der Waals surface area contributed by atoms with E-state index in [-0.39, 0.29) is 40.7 Å². The molecule has 0 saturated heterocycles. The number of aromatic nitrogens is 1. The van der Waals surface area contributed by atoms with Gasteiger partial charge in [-0.2, -0.15) is 0 Å². The molecular weight excluding hydrogens is 278 g/mol. The predicted octanol–water partition coefficient (Wildman–Crippen LogP) is 2.41. The molecule has 4 heteroatoms. The van der Waals surface area contributed by atoms with Crippen LogP contribution in [0.3, 0.4) is 0 Å². The van der Waals surface area contributed by atoms with Crippen molar-refractivity contribution in [2.24, 2.45) is 0 Å². The molecule has 1 heterocycles. The molecule has 4 nitrogen and oxygen atoms in total. The molecule has 3 rings (SSSR count). The van der Waals surface area contributed by atoms with Gasteiger partial charge in [-0.3, -0.25) is 14.4 Å². The van der Waals surface area contributed by atoms with Crippen LogP contribution in [0.5, 0.6) is 0 Å². The molecule has 0 fully saturated rings. The molecule has 1 aromatic carbocycles. The predicted molar refractivity (Wildman–Crippen MR) is 81.3 cm³/mol. The van der Waals surface area contributed by atoms with Crippen molar-refractivity contribution in [3.63, 3.8) is 0 Å². The number of carbonyl (C=O) groups is 3. The van der Waals surface area contributed by atoms with E-state index in [1.165, 1.54) is 6.92 Å². The highest BCUT2D eigenvalue weighted by Crippen LogP contribution is 2.33. The Labute approximate surface area is 127 Å². The summed E-state index contributed by atoms with van der Waals surface area (Å²) in [6.45, 7) is 3.24. The van der Waals surface area contributed by atoms with E-state index in [1.807, 2.05) is 0 Å². The SMILES string of the molecule is C#CCn1c(C)c(C(C)=O)c2c1C(=O)c1ccccc1C2=O. The van der Waals surface area contributed by atoms with Crippen molar-refractivity contribution < 1.29 is 14.4 Å². The van der Waals surface area contributed by atoms with Crippen molar-refractivity contribution in [3.05, 3.63) is 57.9 Å². The second-order valence-corrected chi connectivity index (χ2v) is 5.23. The van der Waals surface area contributed by atoms with Gasteiger partial charge >= 0.3 is 0 Å². The number of benzene rings is 1. The van der Waals surface area contributed by atoms with Gasteiger partial charge in [-0.05, 0) is 13.8 Å². The summed E-state index contributed by atoms with van der Waals surface area (Å²) >= 11 is 0. The number of terminal acetylenes is 1. The van der Waals surface area contributed by atoms with Gasteiger partial charge in [0.15, 0.2) is 11.6 Å². The maximum Gasteiger partial charge on any atom is 0.210 e. The minimum atomic E-state index is -0.297. The molecule has 1 aliphatic carbocycles. The number of carbonyl (C=O) groups excluding carboxylic acids is 3. The Kier molecular flexibility index (Phi) is 3.07. The maximum absolute atomic E-state index is 12.8. The van der Waals surface area contributed by atoms with Crippen molar-refractivity contribution in [2.75, 3.05) is 0 Å². The van der Waals surface area contributed by atoms with Gasteiger partial charge in [0, 0.05) is 22.4 Å². The monoisotopic (exact) mass is 291 g/mol. The summed E-state index contributed by atoms with van der Waals surface area (Å²) in [5.41, 5.74) is 1.95. The first-order valence-electron chi connectivity index (χ1n) is 6.85. The van der Waals surface area contributed by atoms with Gasteiger partial charge in [-0.15, -0.1) is 6.42 Å². The van der Waals surface area contributed by atoms with Gasteiger partial charge in [-0.25, -0.2) is 0 Å². The first-order chi connectivity index (χ1) is 10.5. The molecule has 0 saturated carbocycles. The Morgan fingerprint density at radius 2 is 1.77 bits per heavy atom. The van der Waals surface area contributed by atoms with E-state index in [1.54, 1.807) is 35.8 Å². The lowest BCUT2D eigenvalue weighted by Crippen LogP contribution is -2.23. The summed E-state index contributed by atoms with van der Waals surface area (Å²) in [6, 6.07) is 6.64. The van der Waals surface area contributed by atoms with Crippen molar-refractivity contribution in [1.29, 1.82) is 0 Å². The van der Waals surface area contributed by atoms with Crippen molar-refractivity contribution >= 4 is 17.3 Å². The second-order valence-electron chi connectivity index (χ2n) is 5.23. The molecule has 0 bridgehead atoms. The lowest BCUT2D eigenvalue weighted by Gasteiger charge is -2.16. The average Bonchev–Trinajstić information content (AvgIpc) is 2.79. The minimum absolute atomic E-state index is 0.142. The zero-order valence-corrected chi connectivity index (χ0v) is 12.3. The summed E-state index contributed by atoms with van der Waals surface area (Å²) in [7, 11) is 0. The van der Waals surface area contributed by atoms with E-state index in [2.05, 4.69) is 5.92 Å². The highest BCUT2D eigenvalue weighted by molar-refractivity contribution is 6.30. The van der Waals surface area contributed by atoms with Crippen molar-refractivity contribution in [2.45, 2.75) is 20.4 Å². The molecule has 108 valence electrons. The topological polar surface area (TPSA) is 56.1 Å². The van der Waals surface area contributed by atoms with Crippen molar-refractivity contribution in [1.82, 2.24) is 4.57 Å². The lowest BCUT2D eigenvalue weighted by atomic mass is 9.85. The number of rotatable bonds is 2. The summed E-state index contributed by atoms with van der Waals surface area (Å²) < 4.78 is 1.59. The molecule has 2 aromatic rings. The molecule has 1 aliphatic rings. The summed E-state index contributed by atoms with van der Waals surface area (Å²) in [5.74, 6) is 1.66. The van der Waals surface area contributed by atoms with Crippen LogP contribution < -0.4 is 0 Å². The molecule has 0 amide bonds. The van der Waals surface area contributed by atoms with Crippen LogP contribution in [0.4, 0.5) is 0 Å². The fourth-order valence-electron chi connectivity index (χ4n) is 3.06. The van der Waals surface area contributed by atoms with Gasteiger partial charge in [0.2, 0.25) is 5.78 Å². The molecule has 0 N–H and O–H groups in total. The summed E-state index contributed by atoms with van der Waals surface area (Å²) in [4.78, 5) is 37.6. The van der Waals surface area contributed by atoms with E-state index >= 15 is 0 Å². The number of fused-ring (bicyclic) bond motifs is 2. The Bertz CT molecular complexity index is 894. The largest absolute Gasteiger partial charge is 0.329 e. The van der Waals surface area contributed by atoms with E-state index in [9.17, 15) is 14.4 Å². The van der Waals surface area contributed by atoms with Crippen LogP contribution in [0.2, 0.25) is 0 Å². The summed E-state index contributed by atoms with van der Waals surface area (Å²) in [5, 5.41) is 0. The normalized spacial score (nSPS) is 12.6. The van der Waals surface area contributed by atoms with Crippen LogP contribution in [-0.4, -0.2) is 21.9 Å². The molecule has 22 heavy (non-hydrogen) atoms. The zero-order valence-electron chi connectivity index (χ0n) is 12.3. The van der Waals surface area contributed by atoms with Gasteiger partial charge in [0.05, 0.1) is 12.1 Å². The highest BCUT2D eigenvalue weighted by Gasteiger charge is 2.37. The van der Waals surface area contributed by atoms with E-state index in [4.69, 9.17) is 6.42 Å². The molecule has 0 atom stereocenters. The van der Waals surface area contributed by atoms with Crippen molar-refractivity contribution in [3.8, 4) is 12.3 Å². The van der Waals surface area contributed by atoms with E-state index < -0.39 is 0 Å². The molecule has 0 aliphatic heterocycles. The number of nitrogens with zero attached hydrogens (tertiary/aromatic N) is 1. The molecular formula is C18H13NO3. The number of hydrogen-bond donors (Lipinski definition) is 0.